The van der Waals surface area contributed by atoms with E-state index in [9.17, 15) is 9.90 Å². The number of fused-ring (bicyclic) bond motifs is 1. The Morgan fingerprint density at radius 1 is 1.22 bits per heavy atom. The number of nitrogens with two attached hydrogens (primary N) is 1. The first-order chi connectivity index (χ1) is 15.2. The summed E-state index contributed by atoms with van der Waals surface area (Å²) in [6.07, 6.45) is 0.875. The number of nitrogens with one attached hydrogen (secondary N) is 2. The first kappa shape index (κ1) is 21.8. The van der Waals surface area contributed by atoms with Gasteiger partial charge in [-0.3, -0.25) is 15.6 Å². The monoisotopic (exact) mass is 450 g/mol. The topological polar surface area (TPSA) is 123 Å². The summed E-state index contributed by atoms with van der Waals surface area (Å²) in [5.41, 5.74) is 5.66. The summed E-state index contributed by atoms with van der Waals surface area (Å²) in [5.74, 6) is 0.288. The van der Waals surface area contributed by atoms with Crippen molar-refractivity contribution in [2.24, 2.45) is 5.73 Å². The summed E-state index contributed by atoms with van der Waals surface area (Å²) >= 11 is 1.43. The number of carboxylic acids is 1. The van der Waals surface area contributed by atoms with Crippen LogP contribution in [-0.2, 0) is 10.2 Å². The largest absolute Gasteiger partial charge is 0.489 e. The van der Waals surface area contributed by atoms with Crippen LogP contribution in [0.2, 0.25) is 0 Å². The van der Waals surface area contributed by atoms with Gasteiger partial charge in [0.15, 0.2) is 0 Å². The van der Waals surface area contributed by atoms with Crippen LogP contribution in [0.3, 0.4) is 0 Å². The van der Waals surface area contributed by atoms with Crippen LogP contribution >= 0.6 is 11.3 Å². The summed E-state index contributed by atoms with van der Waals surface area (Å²) in [4.78, 5) is 15.1. The lowest BCUT2D eigenvalue weighted by atomic mass is 9.81. The van der Waals surface area contributed by atoms with Crippen molar-refractivity contribution < 1.29 is 14.6 Å². The molecule has 1 aliphatic rings. The molecule has 5 N–H and O–H groups in total. The number of nitrogens with zero attached hydrogens (tertiary/aromatic N) is 1. The van der Waals surface area contributed by atoms with Gasteiger partial charge in [-0.25, -0.2) is 0 Å². The molecule has 1 unspecified atom stereocenters. The highest BCUT2D eigenvalue weighted by atomic mass is 32.1. The van der Waals surface area contributed by atoms with Gasteiger partial charge in [0, 0.05) is 28.1 Å². The molecule has 4 rings (SSSR count). The second kappa shape index (κ2) is 8.27. The molecule has 7 nitrogen and oxygen atoms in total. The number of carboxylic acid groups (broad SMARTS) is 1. The molecule has 8 heteroatoms. The van der Waals surface area contributed by atoms with Gasteiger partial charge in [-0.05, 0) is 61.2 Å². The van der Waals surface area contributed by atoms with Crippen LogP contribution in [0.15, 0.2) is 48.5 Å². The van der Waals surface area contributed by atoms with E-state index in [1.807, 2.05) is 47.4 Å². The van der Waals surface area contributed by atoms with Crippen LogP contribution < -0.4 is 10.5 Å². The third-order valence-electron chi connectivity index (χ3n) is 6.10. The Morgan fingerprint density at radius 2 is 1.94 bits per heavy atom. The Hall–Kier alpha value is -3.39. The first-order valence-corrected chi connectivity index (χ1v) is 11.2. The van der Waals surface area contributed by atoms with Gasteiger partial charge < -0.3 is 20.5 Å². The minimum absolute atomic E-state index is 0.0163. The van der Waals surface area contributed by atoms with Gasteiger partial charge in [-0.15, -0.1) is 11.3 Å². The smallest absolute Gasteiger partial charge is 0.319 e. The van der Waals surface area contributed by atoms with Crippen molar-refractivity contribution in [1.29, 1.82) is 10.8 Å². The quantitative estimate of drug-likeness (QED) is 0.333. The zero-order chi connectivity index (χ0) is 23.0. The summed E-state index contributed by atoms with van der Waals surface area (Å²) < 4.78 is 7.01. The molecule has 1 aliphatic heterocycles. The van der Waals surface area contributed by atoms with E-state index < -0.39 is 11.4 Å². The van der Waals surface area contributed by atoms with Crippen molar-refractivity contribution in [1.82, 2.24) is 4.90 Å². The number of nitrogen functional groups attached to an aromatic ring is 1. The molecule has 2 aromatic carbocycles. The lowest BCUT2D eigenvalue weighted by molar-refractivity contribution is -0.141. The lowest BCUT2D eigenvalue weighted by Crippen LogP contribution is -2.32. The van der Waals surface area contributed by atoms with Crippen LogP contribution in [-0.4, -0.2) is 46.8 Å². The normalized spacial score (nSPS) is 17.8. The molecule has 0 aliphatic carbocycles. The number of amidine groups is 2. The molecule has 0 bridgehead atoms. The minimum atomic E-state index is -1.22. The van der Waals surface area contributed by atoms with E-state index in [2.05, 4.69) is 0 Å². The van der Waals surface area contributed by atoms with Crippen molar-refractivity contribution in [3.63, 3.8) is 0 Å². The van der Waals surface area contributed by atoms with Gasteiger partial charge in [0.1, 0.15) is 23.1 Å². The number of carbonyl (C=O) groups is 1. The van der Waals surface area contributed by atoms with Crippen LogP contribution in [0.5, 0.6) is 5.75 Å². The molecule has 166 valence electrons. The fraction of sp³-hybridized carbons (Fsp3) is 0.292. The second-order valence-corrected chi connectivity index (χ2v) is 9.38. The average Bonchev–Trinajstić information content (AvgIpc) is 3.40. The maximum Gasteiger partial charge on any atom is 0.319 e. The maximum absolute atomic E-state index is 12.4. The molecule has 0 amide bonds. The molecule has 1 saturated heterocycles. The number of likely N-dealkylation sites (tertiary alicyclic amines) is 1. The summed E-state index contributed by atoms with van der Waals surface area (Å²) in [6.45, 7) is 4.99. The molecular weight excluding hydrogens is 424 g/mol. The summed E-state index contributed by atoms with van der Waals surface area (Å²) in [7, 11) is 0. The maximum atomic E-state index is 12.4. The second-order valence-electron chi connectivity index (χ2n) is 8.29. The molecule has 1 aromatic heterocycles. The molecule has 2 atom stereocenters. The Bertz CT molecular complexity index is 1200. The van der Waals surface area contributed by atoms with E-state index in [0.717, 1.165) is 23.1 Å². The highest BCUT2D eigenvalue weighted by Crippen LogP contribution is 2.40. The summed E-state index contributed by atoms with van der Waals surface area (Å²) in [5, 5.41) is 26.4. The fourth-order valence-corrected chi connectivity index (χ4v) is 5.22. The van der Waals surface area contributed by atoms with Crippen molar-refractivity contribution in [3.8, 4) is 5.75 Å². The van der Waals surface area contributed by atoms with Gasteiger partial charge >= 0.3 is 5.97 Å². The predicted molar refractivity (Wildman–Crippen MR) is 127 cm³/mol. The van der Waals surface area contributed by atoms with Gasteiger partial charge in [0.05, 0.1) is 12.4 Å². The number of benzene rings is 2. The van der Waals surface area contributed by atoms with Crippen LogP contribution in [0, 0.1) is 10.8 Å². The average molecular weight is 451 g/mol. The van der Waals surface area contributed by atoms with Crippen molar-refractivity contribution in [2.45, 2.75) is 31.8 Å². The highest BCUT2D eigenvalue weighted by Gasteiger charge is 2.39. The lowest BCUT2D eigenvalue weighted by Gasteiger charge is -2.24. The number of rotatable bonds is 6. The van der Waals surface area contributed by atoms with Gasteiger partial charge in [-0.2, -0.15) is 0 Å². The summed E-state index contributed by atoms with van der Waals surface area (Å²) in [6, 6.07) is 14.6. The van der Waals surface area contributed by atoms with E-state index in [0.29, 0.717) is 34.1 Å². The standard InChI is InChI=1S/C24H26N4O3S/c1-14(25)28-10-9-19(13-28)31-18-6-4-17(5-7-18)24(2,23(29)30)21-12-16-11-15(22(26)27)3-8-20(16)32-21/h3-8,11-12,19,25H,9-10,13H2,1-2H3,(H3,26,27)(H,29,30)/t19-,24?/m0/s1. The van der Waals surface area contributed by atoms with E-state index in [1.165, 1.54) is 11.3 Å². The van der Waals surface area contributed by atoms with Crippen LogP contribution in [0.1, 0.15) is 36.3 Å². The predicted octanol–water partition coefficient (Wildman–Crippen LogP) is 4.03. The SMILES string of the molecule is CC(=N)N1CC[C@H](Oc2ccc(C(C)(C(=O)O)c3cc4cc(C(=N)N)ccc4s3)cc2)C1. The molecule has 3 aromatic rings. The fourth-order valence-electron chi connectivity index (χ4n) is 4.02. The molecule has 2 heterocycles. The third-order valence-corrected chi connectivity index (χ3v) is 7.44. The van der Waals surface area contributed by atoms with Crippen molar-refractivity contribution >= 4 is 39.1 Å². The number of hydrogen-bond donors (Lipinski definition) is 4. The third kappa shape index (κ3) is 3.93. The van der Waals surface area contributed by atoms with E-state index >= 15 is 0 Å². The molecular formula is C24H26N4O3S. The first-order valence-electron chi connectivity index (χ1n) is 10.4. The molecule has 0 spiro atoms. The van der Waals surface area contributed by atoms with Gasteiger partial charge in [0.25, 0.3) is 0 Å². The van der Waals surface area contributed by atoms with Crippen molar-refractivity contribution in [2.75, 3.05) is 13.1 Å². The van der Waals surface area contributed by atoms with E-state index in [-0.39, 0.29) is 11.9 Å². The van der Waals surface area contributed by atoms with Crippen LogP contribution in [0.25, 0.3) is 10.1 Å². The number of hydrogen-bond acceptors (Lipinski definition) is 5. The molecule has 1 fully saturated rings. The zero-order valence-corrected chi connectivity index (χ0v) is 18.8. The van der Waals surface area contributed by atoms with Crippen molar-refractivity contribution in [3.05, 3.63) is 64.5 Å². The Morgan fingerprint density at radius 3 is 2.53 bits per heavy atom. The molecule has 0 saturated carbocycles. The van der Waals surface area contributed by atoms with Gasteiger partial charge in [-0.1, -0.05) is 12.1 Å². The van der Waals surface area contributed by atoms with E-state index in [1.54, 1.807) is 19.9 Å². The van der Waals surface area contributed by atoms with Gasteiger partial charge in [0.2, 0.25) is 0 Å². The number of ether oxygens (including phenoxy) is 1. The molecule has 32 heavy (non-hydrogen) atoms. The Labute approximate surface area is 190 Å². The zero-order valence-electron chi connectivity index (χ0n) is 18.0. The minimum Gasteiger partial charge on any atom is -0.489 e. The number of thiophene rings is 1. The van der Waals surface area contributed by atoms with E-state index in [4.69, 9.17) is 21.3 Å². The van der Waals surface area contributed by atoms with Crippen LogP contribution in [0.4, 0.5) is 0 Å². The molecule has 0 radical (unpaired) electrons. The highest BCUT2D eigenvalue weighted by molar-refractivity contribution is 7.19. The number of aliphatic carboxylic acids is 1. The Kier molecular flexibility index (Phi) is 5.64. The Balaban J connectivity index is 1.61.